The summed E-state index contributed by atoms with van der Waals surface area (Å²) in [6, 6.07) is 15.2. The van der Waals surface area contributed by atoms with E-state index in [1.165, 1.54) is 11.1 Å². The van der Waals surface area contributed by atoms with Gasteiger partial charge in [-0.1, -0.05) is 43.0 Å². The highest BCUT2D eigenvalue weighted by Gasteiger charge is 2.03. The minimum atomic E-state index is 0.553. The van der Waals surface area contributed by atoms with Crippen LogP contribution in [-0.2, 0) is 12.8 Å². The van der Waals surface area contributed by atoms with E-state index >= 15 is 0 Å². The van der Waals surface area contributed by atoms with Crippen LogP contribution in [0.15, 0.2) is 53.6 Å². The first-order valence-corrected chi connectivity index (χ1v) is 6.59. The van der Waals surface area contributed by atoms with Crippen LogP contribution in [0.2, 0.25) is 0 Å². The molecule has 2 aromatic rings. The zero-order valence-corrected chi connectivity index (χ0v) is 11.3. The van der Waals surface area contributed by atoms with Crippen molar-refractivity contribution in [2.75, 3.05) is 0 Å². The number of aryl methyl sites for hydroxylation is 2. The molecule has 0 spiro atoms. The second kappa shape index (κ2) is 6.14. The van der Waals surface area contributed by atoms with Crippen LogP contribution in [0.4, 0.5) is 11.4 Å². The summed E-state index contributed by atoms with van der Waals surface area (Å²) in [6.45, 7) is 4.19. The van der Waals surface area contributed by atoms with Crippen molar-refractivity contribution in [1.29, 1.82) is 0 Å². The van der Waals surface area contributed by atoms with Crippen LogP contribution in [0.5, 0.6) is 0 Å². The number of hydrogen-bond acceptors (Lipinski definition) is 2. The average molecular weight is 254 g/mol. The van der Waals surface area contributed by atoms with Crippen LogP contribution in [0.1, 0.15) is 25.0 Å². The summed E-state index contributed by atoms with van der Waals surface area (Å²) in [4.78, 5) is 0.667. The molecule has 0 saturated carbocycles. The number of nitrogens with zero attached hydrogens (tertiary/aromatic N) is 2. The van der Waals surface area contributed by atoms with Crippen LogP contribution < -0.4 is 0 Å². The number of rotatable bonds is 4. The van der Waals surface area contributed by atoms with E-state index in [2.05, 4.69) is 19.0 Å². The normalized spacial score (nSPS) is 11.6. The maximum Gasteiger partial charge on any atom is 0.244 e. The van der Waals surface area contributed by atoms with E-state index in [1.807, 2.05) is 36.4 Å². The van der Waals surface area contributed by atoms with Crippen LogP contribution in [0, 0.1) is 5.21 Å². The summed E-state index contributed by atoms with van der Waals surface area (Å²) in [5, 5.41) is 16.0. The molecule has 98 valence electrons. The Bertz CT molecular complexity index is 556. The topological polar surface area (TPSA) is 38.4 Å². The Kier molecular flexibility index (Phi) is 4.29. The Morgan fingerprint density at radius 1 is 0.842 bits per heavy atom. The van der Waals surface area contributed by atoms with Crippen molar-refractivity contribution >= 4 is 11.4 Å². The lowest BCUT2D eigenvalue weighted by atomic mass is 10.1. The minimum absolute atomic E-state index is 0.553. The second-order valence-electron chi connectivity index (χ2n) is 4.41. The predicted octanol–water partition coefficient (Wildman–Crippen LogP) is 4.74. The molecule has 0 saturated heterocycles. The summed E-state index contributed by atoms with van der Waals surface area (Å²) in [7, 11) is 0. The van der Waals surface area contributed by atoms with E-state index < -0.39 is 0 Å². The molecule has 3 heteroatoms. The summed E-state index contributed by atoms with van der Waals surface area (Å²) in [6.07, 6.45) is 1.95. The lowest BCUT2D eigenvalue weighted by Gasteiger charge is -2.01. The zero-order valence-electron chi connectivity index (χ0n) is 11.3. The van der Waals surface area contributed by atoms with Crippen molar-refractivity contribution < 1.29 is 4.86 Å². The molecule has 0 atom stereocenters. The highest BCUT2D eigenvalue weighted by Crippen LogP contribution is 2.18. The van der Waals surface area contributed by atoms with Crippen molar-refractivity contribution in [2.45, 2.75) is 26.7 Å². The fourth-order valence-corrected chi connectivity index (χ4v) is 1.82. The molecule has 0 heterocycles. The van der Waals surface area contributed by atoms with Gasteiger partial charge in [0.15, 0.2) is 0 Å². The summed E-state index contributed by atoms with van der Waals surface area (Å²) >= 11 is 0. The molecule has 0 bridgehead atoms. The Hall–Kier alpha value is -2.16. The fourth-order valence-electron chi connectivity index (χ4n) is 1.82. The van der Waals surface area contributed by atoms with Gasteiger partial charge in [0.1, 0.15) is 5.69 Å². The molecule has 0 aliphatic heterocycles. The highest BCUT2D eigenvalue weighted by atomic mass is 16.5. The Labute approximate surface area is 113 Å². The molecule has 0 aliphatic carbocycles. The van der Waals surface area contributed by atoms with Gasteiger partial charge in [0.25, 0.3) is 0 Å². The molecule has 0 aliphatic rings. The van der Waals surface area contributed by atoms with Crippen LogP contribution in [0.3, 0.4) is 0 Å². The lowest BCUT2D eigenvalue weighted by Crippen LogP contribution is -1.91. The van der Waals surface area contributed by atoms with Gasteiger partial charge in [-0.2, -0.15) is 0 Å². The van der Waals surface area contributed by atoms with E-state index in [-0.39, 0.29) is 0 Å². The van der Waals surface area contributed by atoms with Gasteiger partial charge < -0.3 is 5.21 Å². The van der Waals surface area contributed by atoms with E-state index in [9.17, 15) is 5.21 Å². The van der Waals surface area contributed by atoms with Gasteiger partial charge in [0.05, 0.1) is 0 Å². The van der Waals surface area contributed by atoms with Gasteiger partial charge >= 0.3 is 0 Å². The third kappa shape index (κ3) is 3.41. The SMILES string of the molecule is CCc1ccc(/N=[N+](\[O-])c2ccc(CC)cc2)cc1. The molecule has 0 aromatic heterocycles. The summed E-state index contributed by atoms with van der Waals surface area (Å²) < 4.78 is 0. The third-order valence-corrected chi connectivity index (χ3v) is 3.12. The van der Waals surface area contributed by atoms with Crippen LogP contribution >= 0.6 is 0 Å². The van der Waals surface area contributed by atoms with Gasteiger partial charge in [-0.3, -0.25) is 0 Å². The van der Waals surface area contributed by atoms with Crippen LogP contribution in [-0.4, -0.2) is 4.86 Å². The molecule has 19 heavy (non-hydrogen) atoms. The largest absolute Gasteiger partial charge is 0.594 e. The Morgan fingerprint density at radius 2 is 1.32 bits per heavy atom. The fraction of sp³-hybridized carbons (Fsp3) is 0.250. The lowest BCUT2D eigenvalue weighted by molar-refractivity contribution is -0.435. The smallest absolute Gasteiger partial charge is 0.244 e. The Morgan fingerprint density at radius 3 is 1.79 bits per heavy atom. The molecule has 2 rings (SSSR count). The van der Waals surface area contributed by atoms with Crippen molar-refractivity contribution in [3.63, 3.8) is 0 Å². The predicted molar refractivity (Wildman–Crippen MR) is 77.0 cm³/mol. The molecule has 0 unspecified atom stereocenters. The van der Waals surface area contributed by atoms with E-state index in [0.29, 0.717) is 16.2 Å². The molecular weight excluding hydrogens is 236 g/mol. The standard InChI is InChI=1S/C16H18N2O/c1-3-13-5-9-15(10-6-13)17-18(19)16-11-7-14(4-2)8-12-16/h5-12H,3-4H2,1-2H3/b18-17-. The number of azo groups is 1. The third-order valence-electron chi connectivity index (χ3n) is 3.12. The average Bonchev–Trinajstić information content (AvgIpc) is 2.48. The summed E-state index contributed by atoms with van der Waals surface area (Å²) in [5.74, 6) is 0. The molecule has 0 radical (unpaired) electrons. The molecule has 3 nitrogen and oxygen atoms in total. The maximum absolute atomic E-state index is 11.9. The van der Waals surface area contributed by atoms with Gasteiger partial charge in [-0.05, 0) is 36.1 Å². The first-order valence-electron chi connectivity index (χ1n) is 6.59. The quantitative estimate of drug-likeness (QED) is 0.441. The van der Waals surface area contributed by atoms with Gasteiger partial charge in [-0.15, -0.1) is 0 Å². The van der Waals surface area contributed by atoms with Gasteiger partial charge in [-0.25, -0.2) is 0 Å². The first-order chi connectivity index (χ1) is 9.22. The molecule has 0 N–H and O–H groups in total. The molecule has 0 fully saturated rings. The number of benzene rings is 2. The molecule has 2 aromatic carbocycles. The van der Waals surface area contributed by atoms with Crippen molar-refractivity contribution in [3.05, 3.63) is 64.9 Å². The first kappa shape index (κ1) is 13.3. The Balaban J connectivity index is 2.20. The van der Waals surface area contributed by atoms with Gasteiger partial charge in [0.2, 0.25) is 5.69 Å². The second-order valence-corrected chi connectivity index (χ2v) is 4.41. The van der Waals surface area contributed by atoms with Gasteiger partial charge in [0, 0.05) is 17.2 Å². The van der Waals surface area contributed by atoms with E-state index in [1.54, 1.807) is 12.1 Å². The van der Waals surface area contributed by atoms with Crippen LogP contribution in [0.25, 0.3) is 0 Å². The highest BCUT2D eigenvalue weighted by molar-refractivity contribution is 5.38. The maximum atomic E-state index is 11.9. The van der Waals surface area contributed by atoms with E-state index in [4.69, 9.17) is 0 Å². The van der Waals surface area contributed by atoms with Crippen molar-refractivity contribution in [3.8, 4) is 0 Å². The van der Waals surface area contributed by atoms with E-state index in [0.717, 1.165) is 12.8 Å². The van der Waals surface area contributed by atoms with Crippen molar-refractivity contribution in [2.24, 2.45) is 5.11 Å². The minimum Gasteiger partial charge on any atom is -0.594 e. The van der Waals surface area contributed by atoms with Crippen molar-refractivity contribution in [1.82, 2.24) is 0 Å². The monoisotopic (exact) mass is 254 g/mol. The number of hydrogen-bond donors (Lipinski definition) is 0. The molecule has 0 amide bonds. The zero-order chi connectivity index (χ0) is 13.7. The summed E-state index contributed by atoms with van der Waals surface area (Å²) in [5.41, 5.74) is 3.68. The molecular formula is C16H18N2O.